The Morgan fingerprint density at radius 2 is 2.17 bits per heavy atom. The van der Waals surface area contributed by atoms with E-state index in [4.69, 9.17) is 0 Å². The normalized spacial score (nSPS) is 19.9. The van der Waals surface area contributed by atoms with Gasteiger partial charge in [0.25, 0.3) is 0 Å². The maximum absolute atomic E-state index is 11.6. The summed E-state index contributed by atoms with van der Waals surface area (Å²) in [5, 5.41) is 11.7. The van der Waals surface area contributed by atoms with E-state index in [1.807, 2.05) is 25.1 Å². The highest BCUT2D eigenvalue weighted by atomic mass is 16.3. The van der Waals surface area contributed by atoms with Gasteiger partial charge in [-0.2, -0.15) is 0 Å². The van der Waals surface area contributed by atoms with Gasteiger partial charge in [0.05, 0.1) is 13.2 Å². The van der Waals surface area contributed by atoms with Crippen molar-refractivity contribution in [1.29, 1.82) is 0 Å². The van der Waals surface area contributed by atoms with Crippen LogP contribution in [0.15, 0.2) is 18.2 Å². The number of nitrogens with zero attached hydrogens (tertiary/aromatic N) is 1. The number of amides is 2. The number of carbonyl (C=O) groups excluding carboxylic acids is 2. The van der Waals surface area contributed by atoms with Gasteiger partial charge in [-0.05, 0) is 19.9 Å². The smallest absolute Gasteiger partial charge is 0.249 e. The third-order valence-electron chi connectivity index (χ3n) is 3.14. The van der Waals surface area contributed by atoms with Crippen LogP contribution in [0.3, 0.4) is 0 Å². The molecule has 0 saturated carbocycles. The maximum atomic E-state index is 11.6. The number of hydrogen-bond donors (Lipinski definition) is 2. The van der Waals surface area contributed by atoms with Crippen LogP contribution >= 0.6 is 0 Å². The van der Waals surface area contributed by atoms with Crippen LogP contribution in [0.5, 0.6) is 0 Å². The van der Waals surface area contributed by atoms with Crippen LogP contribution in [-0.2, 0) is 16.2 Å². The van der Waals surface area contributed by atoms with Crippen molar-refractivity contribution in [1.82, 2.24) is 5.32 Å². The van der Waals surface area contributed by atoms with E-state index in [2.05, 4.69) is 5.32 Å². The summed E-state index contributed by atoms with van der Waals surface area (Å²) in [7, 11) is 0. The molecular formula is C13H16N2O3. The first-order valence-electron chi connectivity index (χ1n) is 5.83. The quantitative estimate of drug-likeness (QED) is 0.740. The fourth-order valence-corrected chi connectivity index (χ4v) is 2.13. The first-order chi connectivity index (χ1) is 8.52. The lowest BCUT2D eigenvalue weighted by molar-refractivity contribution is -0.132. The number of anilines is 1. The van der Waals surface area contributed by atoms with Gasteiger partial charge in [0.2, 0.25) is 11.8 Å². The van der Waals surface area contributed by atoms with Crippen molar-refractivity contribution >= 4 is 17.5 Å². The Morgan fingerprint density at radius 1 is 1.44 bits per heavy atom. The summed E-state index contributed by atoms with van der Waals surface area (Å²) in [5.41, 5.74) is 2.49. The minimum atomic E-state index is -0.421. The number of rotatable bonds is 2. The van der Waals surface area contributed by atoms with Crippen LogP contribution in [-0.4, -0.2) is 29.5 Å². The highest BCUT2D eigenvalue weighted by Gasteiger charge is 2.31. The highest BCUT2D eigenvalue weighted by molar-refractivity contribution is 6.04. The first-order valence-corrected chi connectivity index (χ1v) is 5.83. The zero-order valence-electron chi connectivity index (χ0n) is 10.4. The van der Waals surface area contributed by atoms with Crippen LogP contribution in [0, 0.1) is 6.92 Å². The Balaban J connectivity index is 2.40. The molecule has 96 valence electrons. The van der Waals surface area contributed by atoms with Crippen molar-refractivity contribution in [3.05, 3.63) is 29.3 Å². The Morgan fingerprint density at radius 3 is 2.83 bits per heavy atom. The van der Waals surface area contributed by atoms with Crippen LogP contribution in [0.4, 0.5) is 5.69 Å². The van der Waals surface area contributed by atoms with E-state index < -0.39 is 6.04 Å². The van der Waals surface area contributed by atoms with E-state index in [0.29, 0.717) is 0 Å². The van der Waals surface area contributed by atoms with Crippen LogP contribution in [0.25, 0.3) is 0 Å². The summed E-state index contributed by atoms with van der Waals surface area (Å²) in [6, 6.07) is 5.18. The van der Waals surface area contributed by atoms with Gasteiger partial charge in [0, 0.05) is 11.3 Å². The van der Waals surface area contributed by atoms with Crippen molar-refractivity contribution in [2.75, 3.05) is 11.4 Å². The van der Waals surface area contributed by atoms with E-state index in [1.54, 1.807) is 11.8 Å². The summed E-state index contributed by atoms with van der Waals surface area (Å²) < 4.78 is 0. The average molecular weight is 248 g/mol. The van der Waals surface area contributed by atoms with Gasteiger partial charge < -0.3 is 10.0 Å². The lowest BCUT2D eigenvalue weighted by Gasteiger charge is -2.34. The number of aryl methyl sites for hydroxylation is 1. The lowest BCUT2D eigenvalue weighted by atomic mass is 10.1. The third kappa shape index (κ3) is 2.22. The van der Waals surface area contributed by atoms with Gasteiger partial charge in [-0.3, -0.25) is 14.9 Å². The van der Waals surface area contributed by atoms with E-state index in [-0.39, 0.29) is 25.0 Å². The molecule has 2 amide bonds. The molecule has 2 rings (SSSR count). The molecule has 0 bridgehead atoms. The van der Waals surface area contributed by atoms with Crippen molar-refractivity contribution in [2.45, 2.75) is 26.5 Å². The van der Waals surface area contributed by atoms with Crippen LogP contribution < -0.4 is 10.2 Å². The molecule has 1 aromatic rings. The van der Waals surface area contributed by atoms with Crippen molar-refractivity contribution < 1.29 is 14.7 Å². The molecule has 2 N–H and O–H groups in total. The zero-order chi connectivity index (χ0) is 13.3. The standard InChI is InChI=1S/C13H16N2O3/c1-8-3-4-11(10(5-8)7-16)15-6-12(17)14-13(18)9(15)2/h3-5,9,16H,6-7H2,1-2H3,(H,14,17,18). The zero-order valence-corrected chi connectivity index (χ0v) is 10.4. The molecule has 1 aliphatic heterocycles. The van der Waals surface area contributed by atoms with Gasteiger partial charge in [-0.25, -0.2) is 0 Å². The van der Waals surface area contributed by atoms with Crippen molar-refractivity contribution in [2.24, 2.45) is 0 Å². The minimum absolute atomic E-state index is 0.115. The number of nitrogens with one attached hydrogen (secondary N) is 1. The third-order valence-corrected chi connectivity index (χ3v) is 3.14. The number of piperazine rings is 1. The van der Waals surface area contributed by atoms with E-state index >= 15 is 0 Å². The van der Waals surface area contributed by atoms with Crippen LogP contribution in [0.2, 0.25) is 0 Å². The molecule has 0 spiro atoms. The number of imide groups is 1. The summed E-state index contributed by atoms with van der Waals surface area (Å²) in [6.45, 7) is 3.68. The predicted molar refractivity (Wildman–Crippen MR) is 67.1 cm³/mol. The van der Waals surface area contributed by atoms with Gasteiger partial charge in [0.1, 0.15) is 6.04 Å². The number of carbonyl (C=O) groups is 2. The number of benzene rings is 1. The molecule has 1 fully saturated rings. The summed E-state index contributed by atoms with van der Waals surface area (Å²) >= 11 is 0. The molecule has 1 atom stereocenters. The Kier molecular flexibility index (Phi) is 3.34. The molecule has 1 saturated heterocycles. The van der Waals surface area contributed by atoms with Gasteiger partial charge >= 0.3 is 0 Å². The fraction of sp³-hybridized carbons (Fsp3) is 0.385. The topological polar surface area (TPSA) is 69.6 Å². The molecule has 0 radical (unpaired) electrons. The van der Waals surface area contributed by atoms with Gasteiger partial charge in [-0.1, -0.05) is 17.7 Å². The Hall–Kier alpha value is -1.88. The average Bonchev–Trinajstić information content (AvgIpc) is 2.34. The Labute approximate surface area is 105 Å². The minimum Gasteiger partial charge on any atom is -0.392 e. The number of aliphatic hydroxyl groups excluding tert-OH is 1. The molecule has 0 aromatic heterocycles. The second-order valence-corrected chi connectivity index (χ2v) is 4.51. The van der Waals surface area contributed by atoms with Gasteiger partial charge in [0.15, 0.2) is 0 Å². The first kappa shape index (κ1) is 12.6. The number of aliphatic hydroxyl groups is 1. The molecule has 0 aliphatic carbocycles. The molecule has 5 heteroatoms. The van der Waals surface area contributed by atoms with E-state index in [9.17, 15) is 14.7 Å². The van der Waals surface area contributed by atoms with E-state index in [0.717, 1.165) is 16.8 Å². The summed E-state index contributed by atoms with van der Waals surface area (Å²) in [4.78, 5) is 24.8. The van der Waals surface area contributed by atoms with Crippen molar-refractivity contribution in [3.63, 3.8) is 0 Å². The molecular weight excluding hydrogens is 232 g/mol. The molecule has 1 heterocycles. The van der Waals surface area contributed by atoms with Crippen LogP contribution in [0.1, 0.15) is 18.1 Å². The SMILES string of the molecule is Cc1ccc(N2CC(=O)NC(=O)C2C)c(CO)c1. The molecule has 18 heavy (non-hydrogen) atoms. The van der Waals surface area contributed by atoms with E-state index in [1.165, 1.54) is 0 Å². The second kappa shape index (κ2) is 4.78. The largest absolute Gasteiger partial charge is 0.392 e. The highest BCUT2D eigenvalue weighted by Crippen LogP contribution is 2.25. The predicted octanol–water partition coefficient (Wildman–Crippen LogP) is 0.339. The monoisotopic (exact) mass is 248 g/mol. The molecule has 1 unspecified atom stereocenters. The molecule has 1 aromatic carbocycles. The Bertz CT molecular complexity index is 499. The molecule has 5 nitrogen and oxygen atoms in total. The van der Waals surface area contributed by atoms with Crippen molar-refractivity contribution in [3.8, 4) is 0 Å². The lowest BCUT2D eigenvalue weighted by Crippen LogP contribution is -2.57. The molecule has 1 aliphatic rings. The maximum Gasteiger partial charge on any atom is 0.249 e. The number of hydrogen-bond acceptors (Lipinski definition) is 4. The second-order valence-electron chi connectivity index (χ2n) is 4.51. The van der Waals surface area contributed by atoms with Gasteiger partial charge in [-0.15, -0.1) is 0 Å². The summed E-state index contributed by atoms with van der Waals surface area (Å²) in [5.74, 6) is -0.627. The fourth-order valence-electron chi connectivity index (χ4n) is 2.13. The summed E-state index contributed by atoms with van der Waals surface area (Å²) in [6.07, 6.45) is 0.